The van der Waals surface area contributed by atoms with Crippen molar-refractivity contribution in [2.45, 2.75) is 0 Å². The molecule has 0 aliphatic carbocycles. The molecule has 2 aromatic heterocycles. The Labute approximate surface area is 119 Å². The standard InChI is InChI=1S/C16H12N4O/c1-20-13-9-5-4-8-12(13)18-15(20)14-16(21)19-11-7-3-2-6-10(11)17-14/h2-9H,1H3,(H,19,21). The molecule has 0 saturated carbocycles. The zero-order valence-electron chi connectivity index (χ0n) is 11.4. The number of imidazole rings is 1. The van der Waals surface area contributed by atoms with Gasteiger partial charge in [-0.2, -0.15) is 0 Å². The van der Waals surface area contributed by atoms with Gasteiger partial charge in [-0.15, -0.1) is 0 Å². The van der Waals surface area contributed by atoms with E-state index in [2.05, 4.69) is 15.0 Å². The van der Waals surface area contributed by atoms with Gasteiger partial charge in [0.2, 0.25) is 0 Å². The van der Waals surface area contributed by atoms with Crippen LogP contribution in [0.3, 0.4) is 0 Å². The Bertz CT molecular complexity index is 1030. The number of nitrogens with one attached hydrogen (secondary N) is 1. The lowest BCUT2D eigenvalue weighted by Gasteiger charge is -2.03. The summed E-state index contributed by atoms with van der Waals surface area (Å²) in [6, 6.07) is 15.2. The summed E-state index contributed by atoms with van der Waals surface area (Å²) in [6.45, 7) is 0. The van der Waals surface area contributed by atoms with E-state index in [1.165, 1.54) is 0 Å². The Morgan fingerprint density at radius 2 is 1.67 bits per heavy atom. The fourth-order valence-electron chi connectivity index (χ4n) is 2.54. The van der Waals surface area contributed by atoms with Crippen LogP contribution in [0.15, 0.2) is 53.3 Å². The molecule has 1 N–H and O–H groups in total. The van der Waals surface area contributed by atoms with E-state index >= 15 is 0 Å². The van der Waals surface area contributed by atoms with E-state index in [-0.39, 0.29) is 5.56 Å². The van der Waals surface area contributed by atoms with Crippen molar-refractivity contribution in [3.05, 3.63) is 58.9 Å². The van der Waals surface area contributed by atoms with Gasteiger partial charge in [0.05, 0.1) is 22.1 Å². The van der Waals surface area contributed by atoms with Crippen LogP contribution >= 0.6 is 0 Å². The average molecular weight is 276 g/mol. The molecule has 0 unspecified atom stereocenters. The predicted octanol–water partition coefficient (Wildman–Crippen LogP) is 2.48. The first-order valence-electron chi connectivity index (χ1n) is 6.65. The molecule has 4 rings (SSSR count). The number of benzene rings is 2. The zero-order valence-corrected chi connectivity index (χ0v) is 11.4. The zero-order chi connectivity index (χ0) is 14.4. The number of fused-ring (bicyclic) bond motifs is 2. The van der Waals surface area contributed by atoms with Crippen molar-refractivity contribution in [2.75, 3.05) is 0 Å². The lowest BCUT2D eigenvalue weighted by Crippen LogP contribution is -2.13. The lowest BCUT2D eigenvalue weighted by atomic mass is 10.3. The Balaban J connectivity index is 2.06. The molecule has 0 bridgehead atoms. The number of hydrogen-bond acceptors (Lipinski definition) is 3. The molecule has 0 fully saturated rings. The quantitative estimate of drug-likeness (QED) is 0.581. The highest BCUT2D eigenvalue weighted by atomic mass is 16.1. The van der Waals surface area contributed by atoms with Gasteiger partial charge in [0.1, 0.15) is 0 Å². The van der Waals surface area contributed by atoms with E-state index in [1.807, 2.05) is 60.1 Å². The molecule has 2 heterocycles. The Morgan fingerprint density at radius 1 is 0.952 bits per heavy atom. The molecule has 4 aromatic rings. The van der Waals surface area contributed by atoms with Crippen molar-refractivity contribution in [3.63, 3.8) is 0 Å². The SMILES string of the molecule is Cn1c(-c2nc3ccccc3[nH]c2=O)nc2ccccc21. The van der Waals surface area contributed by atoms with Crippen LogP contribution in [0.5, 0.6) is 0 Å². The molecule has 0 aliphatic rings. The topological polar surface area (TPSA) is 63.6 Å². The number of para-hydroxylation sites is 4. The van der Waals surface area contributed by atoms with E-state index in [4.69, 9.17) is 0 Å². The third-order valence-electron chi connectivity index (χ3n) is 3.60. The summed E-state index contributed by atoms with van der Waals surface area (Å²) in [5.41, 5.74) is 3.41. The molecular weight excluding hydrogens is 264 g/mol. The van der Waals surface area contributed by atoms with Crippen LogP contribution in [-0.4, -0.2) is 19.5 Å². The van der Waals surface area contributed by atoms with Crippen LogP contribution < -0.4 is 5.56 Å². The highest BCUT2D eigenvalue weighted by Crippen LogP contribution is 2.20. The number of hydrogen-bond donors (Lipinski definition) is 1. The van der Waals surface area contributed by atoms with Gasteiger partial charge in [0, 0.05) is 7.05 Å². The molecule has 0 atom stereocenters. The summed E-state index contributed by atoms with van der Waals surface area (Å²) in [4.78, 5) is 24.2. The molecule has 0 spiro atoms. The van der Waals surface area contributed by atoms with Crippen molar-refractivity contribution >= 4 is 22.1 Å². The summed E-state index contributed by atoms with van der Waals surface area (Å²) < 4.78 is 1.89. The summed E-state index contributed by atoms with van der Waals surface area (Å²) in [7, 11) is 1.89. The van der Waals surface area contributed by atoms with Crippen LogP contribution in [0.25, 0.3) is 33.6 Å². The molecule has 0 amide bonds. The minimum absolute atomic E-state index is 0.230. The van der Waals surface area contributed by atoms with Crippen molar-refractivity contribution in [3.8, 4) is 11.5 Å². The third kappa shape index (κ3) is 1.74. The first-order valence-corrected chi connectivity index (χ1v) is 6.65. The summed E-state index contributed by atoms with van der Waals surface area (Å²) in [6.07, 6.45) is 0. The second-order valence-electron chi connectivity index (χ2n) is 4.91. The maximum Gasteiger partial charge on any atom is 0.278 e. The van der Waals surface area contributed by atoms with Crippen LogP contribution in [0.1, 0.15) is 0 Å². The van der Waals surface area contributed by atoms with Gasteiger partial charge in [0.15, 0.2) is 11.5 Å². The third-order valence-corrected chi connectivity index (χ3v) is 3.60. The number of aromatic nitrogens is 4. The Kier molecular flexibility index (Phi) is 2.41. The molecule has 2 aromatic carbocycles. The molecular formula is C16H12N4O. The second kappa shape index (κ2) is 4.28. The van der Waals surface area contributed by atoms with Crippen molar-refractivity contribution in [1.29, 1.82) is 0 Å². The summed E-state index contributed by atoms with van der Waals surface area (Å²) >= 11 is 0. The minimum atomic E-state index is -0.230. The van der Waals surface area contributed by atoms with Gasteiger partial charge in [0.25, 0.3) is 5.56 Å². The van der Waals surface area contributed by atoms with Gasteiger partial charge >= 0.3 is 0 Å². The number of rotatable bonds is 1. The average Bonchev–Trinajstić information content (AvgIpc) is 2.84. The van der Waals surface area contributed by atoms with Crippen molar-refractivity contribution in [2.24, 2.45) is 7.05 Å². The minimum Gasteiger partial charge on any atom is -0.326 e. The maximum atomic E-state index is 12.3. The van der Waals surface area contributed by atoms with Crippen LogP contribution in [0, 0.1) is 0 Å². The van der Waals surface area contributed by atoms with Crippen LogP contribution in [0.4, 0.5) is 0 Å². The largest absolute Gasteiger partial charge is 0.326 e. The fraction of sp³-hybridized carbons (Fsp3) is 0.0625. The summed E-state index contributed by atoms with van der Waals surface area (Å²) in [5, 5.41) is 0. The number of aryl methyl sites for hydroxylation is 1. The number of H-pyrrole nitrogens is 1. The number of nitrogens with zero attached hydrogens (tertiary/aromatic N) is 3. The first-order chi connectivity index (χ1) is 10.2. The fourth-order valence-corrected chi connectivity index (χ4v) is 2.54. The van der Waals surface area contributed by atoms with Crippen molar-refractivity contribution < 1.29 is 0 Å². The van der Waals surface area contributed by atoms with E-state index in [0.717, 1.165) is 22.1 Å². The predicted molar refractivity (Wildman–Crippen MR) is 82.1 cm³/mol. The molecule has 0 aliphatic heterocycles. The van der Waals surface area contributed by atoms with E-state index in [1.54, 1.807) is 0 Å². The van der Waals surface area contributed by atoms with Crippen molar-refractivity contribution in [1.82, 2.24) is 19.5 Å². The summed E-state index contributed by atoms with van der Waals surface area (Å²) in [5.74, 6) is 0.572. The highest BCUT2D eigenvalue weighted by molar-refractivity contribution is 5.81. The Hall–Kier alpha value is -2.95. The lowest BCUT2D eigenvalue weighted by molar-refractivity contribution is 0.946. The molecule has 5 heteroatoms. The monoisotopic (exact) mass is 276 g/mol. The van der Waals surface area contributed by atoms with Crippen LogP contribution in [0.2, 0.25) is 0 Å². The highest BCUT2D eigenvalue weighted by Gasteiger charge is 2.14. The molecule has 0 radical (unpaired) electrons. The van der Waals surface area contributed by atoms with Crippen LogP contribution in [-0.2, 0) is 7.05 Å². The normalized spacial score (nSPS) is 11.3. The van der Waals surface area contributed by atoms with E-state index in [0.29, 0.717) is 11.5 Å². The maximum absolute atomic E-state index is 12.3. The van der Waals surface area contributed by atoms with Gasteiger partial charge in [-0.25, -0.2) is 9.97 Å². The Morgan fingerprint density at radius 3 is 2.48 bits per heavy atom. The molecule has 0 saturated heterocycles. The first kappa shape index (κ1) is 11.8. The van der Waals surface area contributed by atoms with Gasteiger partial charge < -0.3 is 9.55 Å². The number of aromatic amines is 1. The van der Waals surface area contributed by atoms with Gasteiger partial charge in [-0.05, 0) is 24.3 Å². The second-order valence-corrected chi connectivity index (χ2v) is 4.91. The molecule has 102 valence electrons. The molecule has 5 nitrogen and oxygen atoms in total. The molecule has 21 heavy (non-hydrogen) atoms. The van der Waals surface area contributed by atoms with E-state index in [9.17, 15) is 4.79 Å². The smallest absolute Gasteiger partial charge is 0.278 e. The van der Waals surface area contributed by atoms with E-state index < -0.39 is 0 Å². The van der Waals surface area contributed by atoms with Gasteiger partial charge in [-0.1, -0.05) is 24.3 Å². The van der Waals surface area contributed by atoms with Gasteiger partial charge in [-0.3, -0.25) is 4.79 Å².